The maximum Gasteiger partial charge on any atom is 0.348 e. The molecular formula is C18H20N3O3PS2. The van der Waals surface area contributed by atoms with Crippen molar-refractivity contribution < 1.29 is 14.3 Å². The third-order valence-corrected chi connectivity index (χ3v) is 11.0. The first kappa shape index (κ1) is 18.8. The van der Waals surface area contributed by atoms with Gasteiger partial charge in [0.15, 0.2) is 0 Å². The summed E-state index contributed by atoms with van der Waals surface area (Å²) in [6.45, 7) is 2.86. The minimum Gasteiger partial charge on any atom is -0.465 e. The van der Waals surface area contributed by atoms with Gasteiger partial charge in [0.25, 0.3) is 0 Å². The van der Waals surface area contributed by atoms with Crippen LogP contribution in [-0.2, 0) is 21.3 Å². The van der Waals surface area contributed by atoms with E-state index >= 15 is 0 Å². The molecule has 27 heavy (non-hydrogen) atoms. The number of hydrogen-bond acceptors (Lipinski definition) is 6. The minimum absolute atomic E-state index is 0.350. The number of nitrogens with zero attached hydrogens (tertiary/aromatic N) is 3. The van der Waals surface area contributed by atoms with Crippen LogP contribution in [-0.4, -0.2) is 61.6 Å². The highest BCUT2D eigenvalue weighted by Gasteiger charge is 2.41. The monoisotopic (exact) mass is 421 g/mol. The van der Waals surface area contributed by atoms with Gasteiger partial charge in [-0.05, 0) is 6.07 Å². The van der Waals surface area contributed by atoms with Crippen LogP contribution in [0.5, 0.6) is 0 Å². The average Bonchev–Trinajstić information content (AvgIpc) is 3.16. The SMILES string of the molecule is COC(=O)c1cc2c(s1)N=C(c1ccccc1)N(C)[P@@]2(=S)N1CCOCC1. The highest BCUT2D eigenvalue weighted by Crippen LogP contribution is 2.58. The number of ether oxygens (including phenoxy) is 2. The van der Waals surface area contributed by atoms with Crippen LogP contribution in [0, 0.1) is 0 Å². The van der Waals surface area contributed by atoms with Crippen molar-refractivity contribution in [3.63, 3.8) is 0 Å². The van der Waals surface area contributed by atoms with Gasteiger partial charge >= 0.3 is 5.97 Å². The number of morpholine rings is 1. The van der Waals surface area contributed by atoms with Crippen molar-refractivity contribution in [3.8, 4) is 0 Å². The lowest BCUT2D eigenvalue weighted by atomic mass is 10.2. The molecule has 0 amide bonds. The molecule has 0 bridgehead atoms. The highest BCUT2D eigenvalue weighted by molar-refractivity contribution is 8.16. The van der Waals surface area contributed by atoms with Crippen molar-refractivity contribution >= 4 is 51.6 Å². The van der Waals surface area contributed by atoms with Crippen LogP contribution in [0.25, 0.3) is 0 Å². The van der Waals surface area contributed by atoms with Crippen LogP contribution in [0.2, 0.25) is 0 Å². The molecule has 0 saturated carbocycles. The molecule has 0 radical (unpaired) electrons. The van der Waals surface area contributed by atoms with E-state index in [1.54, 1.807) is 0 Å². The van der Waals surface area contributed by atoms with Crippen molar-refractivity contribution in [2.75, 3.05) is 40.5 Å². The van der Waals surface area contributed by atoms with Crippen molar-refractivity contribution in [1.82, 2.24) is 9.34 Å². The van der Waals surface area contributed by atoms with Crippen LogP contribution in [0.4, 0.5) is 5.00 Å². The molecule has 0 N–H and O–H groups in total. The number of hydrogen-bond donors (Lipinski definition) is 0. The van der Waals surface area contributed by atoms with E-state index in [0.29, 0.717) is 18.1 Å². The lowest BCUT2D eigenvalue weighted by Gasteiger charge is -2.45. The Kier molecular flexibility index (Phi) is 5.18. The second kappa shape index (κ2) is 7.45. The number of rotatable bonds is 3. The first-order valence-corrected chi connectivity index (χ1v) is 12.1. The molecule has 0 spiro atoms. The summed E-state index contributed by atoms with van der Waals surface area (Å²) in [4.78, 5) is 17.5. The number of aliphatic imine (C=N–C) groups is 1. The largest absolute Gasteiger partial charge is 0.465 e. The molecule has 142 valence electrons. The summed E-state index contributed by atoms with van der Waals surface area (Å²) < 4.78 is 14.9. The molecule has 4 rings (SSSR count). The van der Waals surface area contributed by atoms with Gasteiger partial charge < -0.3 is 14.1 Å². The Morgan fingerprint density at radius 1 is 1.30 bits per heavy atom. The Bertz CT molecular complexity index is 939. The summed E-state index contributed by atoms with van der Waals surface area (Å²) in [5, 5.41) is 1.77. The zero-order chi connectivity index (χ0) is 19.0. The zero-order valence-electron chi connectivity index (χ0n) is 15.1. The molecular weight excluding hydrogens is 401 g/mol. The topological polar surface area (TPSA) is 54.4 Å². The van der Waals surface area contributed by atoms with Gasteiger partial charge in [-0.2, -0.15) is 0 Å². The van der Waals surface area contributed by atoms with Crippen LogP contribution >= 0.6 is 17.7 Å². The van der Waals surface area contributed by atoms with E-state index in [2.05, 4.69) is 9.34 Å². The second-order valence-corrected chi connectivity index (χ2v) is 11.5. The van der Waals surface area contributed by atoms with Gasteiger partial charge in [0.2, 0.25) is 0 Å². The number of methoxy groups -OCH3 is 1. The minimum atomic E-state index is -2.33. The third kappa shape index (κ3) is 3.15. The van der Waals surface area contributed by atoms with E-state index in [0.717, 1.165) is 34.8 Å². The Balaban J connectivity index is 1.89. The Labute approximate surface area is 167 Å². The number of carbonyl (C=O) groups is 1. The van der Waals surface area contributed by atoms with E-state index in [-0.39, 0.29) is 5.97 Å². The summed E-state index contributed by atoms with van der Waals surface area (Å²) in [5.41, 5.74) is 1.01. The van der Waals surface area contributed by atoms with Crippen LogP contribution in [0.3, 0.4) is 0 Å². The predicted octanol–water partition coefficient (Wildman–Crippen LogP) is 2.83. The number of amidine groups is 1. The van der Waals surface area contributed by atoms with E-state index < -0.39 is 6.34 Å². The fraction of sp³-hybridized carbons (Fsp3) is 0.333. The van der Waals surface area contributed by atoms with E-state index in [9.17, 15) is 4.79 Å². The van der Waals surface area contributed by atoms with E-state index in [1.165, 1.54) is 18.4 Å². The fourth-order valence-electron chi connectivity index (χ4n) is 3.33. The maximum atomic E-state index is 12.1. The average molecular weight is 421 g/mol. The number of carbonyl (C=O) groups excluding carboxylic acids is 1. The number of thiophene rings is 1. The Morgan fingerprint density at radius 2 is 2.00 bits per heavy atom. The van der Waals surface area contributed by atoms with Crippen LogP contribution in [0.1, 0.15) is 15.2 Å². The van der Waals surface area contributed by atoms with Gasteiger partial charge in [0.05, 0.1) is 25.6 Å². The normalized spacial score (nSPS) is 22.9. The molecule has 1 aromatic heterocycles. The number of fused-ring (bicyclic) bond motifs is 1. The number of benzene rings is 1. The Morgan fingerprint density at radius 3 is 2.67 bits per heavy atom. The Hall–Kier alpha value is -1.57. The molecule has 1 fully saturated rings. The predicted molar refractivity (Wildman–Crippen MR) is 112 cm³/mol. The molecule has 2 aliphatic heterocycles. The van der Waals surface area contributed by atoms with Crippen LogP contribution in [0.15, 0.2) is 41.4 Å². The molecule has 1 aromatic carbocycles. The lowest BCUT2D eigenvalue weighted by molar-refractivity contribution is 0.0606. The van der Waals surface area contributed by atoms with E-state index in [1.807, 2.05) is 43.4 Å². The van der Waals surface area contributed by atoms with E-state index in [4.69, 9.17) is 26.3 Å². The smallest absolute Gasteiger partial charge is 0.348 e. The molecule has 2 aliphatic rings. The molecule has 1 atom stereocenters. The maximum absolute atomic E-state index is 12.1. The van der Waals surface area contributed by atoms with Crippen molar-refractivity contribution in [2.45, 2.75) is 0 Å². The van der Waals surface area contributed by atoms with Crippen molar-refractivity contribution in [2.24, 2.45) is 4.99 Å². The summed E-state index contributed by atoms with van der Waals surface area (Å²) in [6, 6.07) is 11.9. The van der Waals surface area contributed by atoms with Crippen LogP contribution < -0.4 is 5.30 Å². The van der Waals surface area contributed by atoms with Crippen molar-refractivity contribution in [3.05, 3.63) is 46.8 Å². The quantitative estimate of drug-likeness (QED) is 0.561. The second-order valence-electron chi connectivity index (χ2n) is 6.23. The molecule has 0 unspecified atom stereocenters. The molecule has 1 saturated heterocycles. The molecule has 9 heteroatoms. The first-order valence-electron chi connectivity index (χ1n) is 8.60. The van der Waals surface area contributed by atoms with Crippen molar-refractivity contribution in [1.29, 1.82) is 0 Å². The number of esters is 1. The van der Waals surface area contributed by atoms with Gasteiger partial charge in [-0.3, -0.25) is 4.67 Å². The lowest BCUT2D eigenvalue weighted by Crippen LogP contribution is -2.44. The molecule has 0 aliphatic carbocycles. The molecule has 3 heterocycles. The zero-order valence-corrected chi connectivity index (χ0v) is 17.7. The third-order valence-electron chi connectivity index (χ3n) is 4.72. The standard InChI is InChI=1S/C18H20N3O3PS2/c1-20-16(13-6-4-3-5-7-13)19-17-14(12-15(27-17)18(22)23-2)25(20,26)21-8-10-24-11-9-21/h3-7,12H,8-11H2,1-2H3/t25-/m1/s1. The van der Waals surface area contributed by atoms with Gasteiger partial charge in [-0.25, -0.2) is 9.79 Å². The van der Waals surface area contributed by atoms with Gasteiger partial charge in [-0.15, -0.1) is 11.3 Å². The summed E-state index contributed by atoms with van der Waals surface area (Å²) in [7, 11) is 3.41. The van der Waals surface area contributed by atoms with Gasteiger partial charge in [0.1, 0.15) is 22.1 Å². The molecule has 2 aromatic rings. The molecule has 6 nitrogen and oxygen atoms in total. The summed E-state index contributed by atoms with van der Waals surface area (Å²) >= 11 is 7.69. The first-order chi connectivity index (χ1) is 13.1. The highest BCUT2D eigenvalue weighted by atomic mass is 32.4. The van der Waals surface area contributed by atoms with Gasteiger partial charge in [-0.1, -0.05) is 42.1 Å². The fourth-order valence-corrected chi connectivity index (χ4v) is 8.82. The van der Waals surface area contributed by atoms with Gasteiger partial charge in [0, 0.05) is 25.7 Å². The summed E-state index contributed by atoms with van der Waals surface area (Å²) in [6.07, 6.45) is -2.33. The summed E-state index contributed by atoms with van der Waals surface area (Å²) in [5.74, 6) is 0.494.